The van der Waals surface area contributed by atoms with Gasteiger partial charge < -0.3 is 20.5 Å². The van der Waals surface area contributed by atoms with Gasteiger partial charge in [0.15, 0.2) is 0 Å². The first kappa shape index (κ1) is 34.8. The van der Waals surface area contributed by atoms with Crippen molar-refractivity contribution in [1.29, 1.82) is 0 Å². The number of carboxylic acids is 1. The molecule has 0 saturated heterocycles. The maximum atomic E-state index is 13.7. The highest BCUT2D eigenvalue weighted by atomic mass is 19.4. The maximum Gasteiger partial charge on any atom is 0.416 e. The molecule has 1 amide bonds. The molecule has 0 spiro atoms. The second kappa shape index (κ2) is 14.7. The number of carbonyl (C=O) groups is 2. The summed E-state index contributed by atoms with van der Waals surface area (Å²) in [6, 6.07) is 32.9. The number of halogens is 3. The standard InChI is InChI=1S/C40H37F3N2O4/c1-39(2,3)30-18-14-27(15-19-30)25-44-35-21-20-33(49-32-11-7-10-31(23-32)40(41,42)43)24-34(35)37(46)45-36(38(47)48)22-26-12-16-29(17-13-26)28-8-5-4-6-9-28/h4-21,23-24,36,44H,22,25H2,1-3H3,(H,45,46)(H,47,48). The molecule has 0 aliphatic carbocycles. The van der Waals surface area contributed by atoms with Crippen LogP contribution in [0.15, 0.2) is 121 Å². The minimum absolute atomic E-state index is 0.0166. The van der Waals surface area contributed by atoms with Crippen LogP contribution in [-0.2, 0) is 29.4 Å². The quantitative estimate of drug-likeness (QED) is 0.131. The summed E-state index contributed by atoms with van der Waals surface area (Å²) < 4.78 is 45.7. The molecule has 0 radical (unpaired) electrons. The lowest BCUT2D eigenvalue weighted by Gasteiger charge is -2.20. The highest BCUT2D eigenvalue weighted by Gasteiger charge is 2.31. The van der Waals surface area contributed by atoms with Gasteiger partial charge in [0.1, 0.15) is 17.5 Å². The van der Waals surface area contributed by atoms with Crippen LogP contribution in [0, 0.1) is 0 Å². The van der Waals surface area contributed by atoms with Crippen molar-refractivity contribution in [2.24, 2.45) is 0 Å². The number of anilines is 1. The van der Waals surface area contributed by atoms with Gasteiger partial charge in [-0.15, -0.1) is 0 Å². The summed E-state index contributed by atoms with van der Waals surface area (Å²) in [5.41, 5.74) is 4.40. The molecule has 0 saturated carbocycles. The lowest BCUT2D eigenvalue weighted by molar-refractivity contribution is -0.139. The van der Waals surface area contributed by atoms with Crippen LogP contribution in [0.5, 0.6) is 11.5 Å². The molecule has 0 heterocycles. The van der Waals surface area contributed by atoms with Gasteiger partial charge in [-0.05, 0) is 69.6 Å². The predicted molar refractivity (Wildman–Crippen MR) is 185 cm³/mol. The van der Waals surface area contributed by atoms with E-state index >= 15 is 0 Å². The van der Waals surface area contributed by atoms with Crippen LogP contribution in [0.3, 0.4) is 0 Å². The third-order valence-corrected chi connectivity index (χ3v) is 8.04. The maximum absolute atomic E-state index is 13.7. The van der Waals surface area contributed by atoms with Crippen molar-refractivity contribution in [2.75, 3.05) is 5.32 Å². The Morgan fingerprint density at radius 3 is 1.98 bits per heavy atom. The van der Waals surface area contributed by atoms with Gasteiger partial charge in [0.25, 0.3) is 5.91 Å². The summed E-state index contributed by atoms with van der Waals surface area (Å²) in [5.74, 6) is -1.87. The van der Waals surface area contributed by atoms with Gasteiger partial charge in [-0.2, -0.15) is 13.2 Å². The van der Waals surface area contributed by atoms with Crippen LogP contribution < -0.4 is 15.4 Å². The Hall–Kier alpha value is -5.57. The molecule has 0 aliphatic rings. The van der Waals surface area contributed by atoms with Crippen LogP contribution in [0.1, 0.15) is 53.4 Å². The van der Waals surface area contributed by atoms with Gasteiger partial charge in [0.05, 0.1) is 11.1 Å². The minimum Gasteiger partial charge on any atom is -0.480 e. The first-order valence-corrected chi connectivity index (χ1v) is 15.8. The van der Waals surface area contributed by atoms with Gasteiger partial charge in [-0.25, -0.2) is 4.79 Å². The molecule has 1 atom stereocenters. The zero-order valence-corrected chi connectivity index (χ0v) is 27.3. The van der Waals surface area contributed by atoms with E-state index in [4.69, 9.17) is 4.74 Å². The Balaban J connectivity index is 1.38. The number of hydrogen-bond donors (Lipinski definition) is 3. The Morgan fingerprint density at radius 1 is 0.714 bits per heavy atom. The Labute approximate surface area is 283 Å². The number of rotatable bonds is 11. The summed E-state index contributed by atoms with van der Waals surface area (Å²) in [7, 11) is 0. The average molecular weight is 667 g/mol. The van der Waals surface area contributed by atoms with E-state index in [1.54, 1.807) is 6.07 Å². The number of amides is 1. The molecule has 0 aromatic heterocycles. The zero-order valence-electron chi connectivity index (χ0n) is 27.3. The van der Waals surface area contributed by atoms with Crippen LogP contribution in [0.2, 0.25) is 0 Å². The summed E-state index contributed by atoms with van der Waals surface area (Å²) >= 11 is 0. The van der Waals surface area contributed by atoms with Crippen LogP contribution in [0.4, 0.5) is 18.9 Å². The molecule has 3 N–H and O–H groups in total. The predicted octanol–water partition coefficient (Wildman–Crippen LogP) is 9.50. The number of benzene rings is 5. The largest absolute Gasteiger partial charge is 0.480 e. The van der Waals surface area contributed by atoms with E-state index in [9.17, 15) is 27.9 Å². The molecule has 5 rings (SSSR count). The Kier molecular flexibility index (Phi) is 10.4. The van der Waals surface area contributed by atoms with Crippen molar-refractivity contribution in [3.63, 3.8) is 0 Å². The second-order valence-corrected chi connectivity index (χ2v) is 12.8. The number of hydrogen-bond acceptors (Lipinski definition) is 4. The minimum atomic E-state index is -4.56. The number of carboxylic acid groups (broad SMARTS) is 1. The molecule has 252 valence electrons. The van der Waals surface area contributed by atoms with Crippen molar-refractivity contribution in [1.82, 2.24) is 5.32 Å². The van der Waals surface area contributed by atoms with Gasteiger partial charge in [-0.1, -0.05) is 106 Å². The van der Waals surface area contributed by atoms with E-state index in [2.05, 4.69) is 31.4 Å². The molecule has 5 aromatic carbocycles. The molecule has 1 unspecified atom stereocenters. The van der Waals surface area contributed by atoms with Crippen LogP contribution in [0.25, 0.3) is 11.1 Å². The van der Waals surface area contributed by atoms with Crippen molar-refractivity contribution in [3.05, 3.63) is 149 Å². The fourth-order valence-corrected chi connectivity index (χ4v) is 5.26. The van der Waals surface area contributed by atoms with Gasteiger partial charge in [-0.3, -0.25) is 4.79 Å². The first-order valence-electron chi connectivity index (χ1n) is 15.8. The van der Waals surface area contributed by atoms with E-state index < -0.39 is 29.7 Å². The molecular weight excluding hydrogens is 629 g/mol. The number of ether oxygens (including phenoxy) is 1. The first-order chi connectivity index (χ1) is 23.3. The lowest BCUT2D eigenvalue weighted by atomic mass is 9.87. The monoisotopic (exact) mass is 666 g/mol. The van der Waals surface area contributed by atoms with E-state index in [1.165, 1.54) is 29.8 Å². The fourth-order valence-electron chi connectivity index (χ4n) is 5.26. The summed E-state index contributed by atoms with van der Waals surface area (Å²) in [6.45, 7) is 6.73. The Bertz CT molecular complexity index is 1900. The number of nitrogens with one attached hydrogen (secondary N) is 2. The van der Waals surface area contributed by atoms with E-state index in [1.807, 2.05) is 78.9 Å². The molecule has 6 nitrogen and oxygen atoms in total. The van der Waals surface area contributed by atoms with E-state index in [-0.39, 0.29) is 28.9 Å². The van der Waals surface area contributed by atoms with Gasteiger partial charge >= 0.3 is 12.1 Å². The lowest BCUT2D eigenvalue weighted by Crippen LogP contribution is -2.42. The summed E-state index contributed by atoms with van der Waals surface area (Å²) in [6.07, 6.45) is -4.53. The normalized spacial score (nSPS) is 12.2. The highest BCUT2D eigenvalue weighted by Crippen LogP contribution is 2.34. The van der Waals surface area contributed by atoms with Crippen LogP contribution >= 0.6 is 0 Å². The molecule has 0 aliphatic heterocycles. The van der Waals surface area contributed by atoms with Crippen molar-refractivity contribution >= 4 is 17.6 Å². The third kappa shape index (κ3) is 9.28. The molecule has 0 bridgehead atoms. The van der Waals surface area contributed by atoms with E-state index in [0.29, 0.717) is 17.8 Å². The van der Waals surface area contributed by atoms with Gasteiger partial charge in [0, 0.05) is 18.7 Å². The van der Waals surface area contributed by atoms with Crippen LogP contribution in [-0.4, -0.2) is 23.0 Å². The summed E-state index contributed by atoms with van der Waals surface area (Å²) in [5, 5.41) is 15.9. The average Bonchev–Trinajstić information content (AvgIpc) is 3.07. The third-order valence-electron chi connectivity index (χ3n) is 8.04. The van der Waals surface area contributed by atoms with Crippen molar-refractivity contribution in [2.45, 2.75) is 51.4 Å². The molecular formula is C40H37F3N2O4. The van der Waals surface area contributed by atoms with E-state index in [0.717, 1.165) is 28.8 Å². The van der Waals surface area contributed by atoms with Crippen molar-refractivity contribution in [3.8, 4) is 22.6 Å². The SMILES string of the molecule is CC(C)(C)c1ccc(CNc2ccc(Oc3cccc(C(F)(F)F)c3)cc2C(=O)NC(Cc2ccc(-c3ccccc3)cc2)C(=O)O)cc1. The highest BCUT2D eigenvalue weighted by molar-refractivity contribution is 6.01. The van der Waals surface area contributed by atoms with Gasteiger partial charge in [0.2, 0.25) is 0 Å². The number of alkyl halides is 3. The zero-order chi connectivity index (χ0) is 35.2. The number of aliphatic carboxylic acids is 1. The molecule has 49 heavy (non-hydrogen) atoms. The smallest absolute Gasteiger partial charge is 0.416 e. The molecule has 5 aromatic rings. The fraction of sp³-hybridized carbons (Fsp3) is 0.200. The summed E-state index contributed by atoms with van der Waals surface area (Å²) in [4.78, 5) is 26.1. The molecule has 0 fully saturated rings. The van der Waals surface area contributed by atoms with Crippen molar-refractivity contribution < 1.29 is 32.6 Å². The topological polar surface area (TPSA) is 87.7 Å². The number of carbonyl (C=O) groups excluding carboxylic acids is 1. The second-order valence-electron chi connectivity index (χ2n) is 12.8. The Morgan fingerprint density at radius 2 is 1.35 bits per heavy atom. The molecule has 9 heteroatoms.